The van der Waals surface area contributed by atoms with Gasteiger partial charge in [0.05, 0.1) is 19.6 Å². The molecule has 0 saturated heterocycles. The van der Waals surface area contributed by atoms with Gasteiger partial charge in [0, 0.05) is 12.1 Å². The minimum Gasteiger partial charge on any atom is -0.463 e. The standard InChI is InChI=1S/C14H21F3N2O/c1-10(2)19(9-14(15,16)17)8-13-6-5-12(20-13)7-18-11-3-4-11/h5-6,10-11,18H,3-4,7-9H2,1-2H3. The molecular formula is C14H21F3N2O. The van der Waals surface area contributed by atoms with Gasteiger partial charge in [-0.1, -0.05) is 0 Å². The Balaban J connectivity index is 1.88. The lowest BCUT2D eigenvalue weighted by Gasteiger charge is -2.26. The molecule has 0 amide bonds. The van der Waals surface area contributed by atoms with E-state index in [4.69, 9.17) is 4.42 Å². The molecule has 1 aromatic rings. The van der Waals surface area contributed by atoms with Crippen molar-refractivity contribution in [1.82, 2.24) is 10.2 Å². The van der Waals surface area contributed by atoms with Crippen molar-refractivity contribution in [2.75, 3.05) is 6.54 Å². The number of rotatable bonds is 7. The van der Waals surface area contributed by atoms with Crippen molar-refractivity contribution in [3.8, 4) is 0 Å². The molecule has 1 N–H and O–H groups in total. The van der Waals surface area contributed by atoms with E-state index in [1.54, 1.807) is 19.9 Å². The summed E-state index contributed by atoms with van der Waals surface area (Å²) in [5.74, 6) is 1.36. The smallest absolute Gasteiger partial charge is 0.401 e. The SMILES string of the molecule is CC(C)N(Cc1ccc(CNC2CC2)o1)CC(F)(F)F. The van der Waals surface area contributed by atoms with Gasteiger partial charge < -0.3 is 9.73 Å². The molecule has 1 aliphatic carbocycles. The van der Waals surface area contributed by atoms with Crippen LogP contribution in [0, 0.1) is 0 Å². The van der Waals surface area contributed by atoms with Gasteiger partial charge in [-0.15, -0.1) is 0 Å². The molecule has 6 heteroatoms. The van der Waals surface area contributed by atoms with Gasteiger partial charge in [0.25, 0.3) is 0 Å². The van der Waals surface area contributed by atoms with Crippen LogP contribution in [0.1, 0.15) is 38.2 Å². The molecule has 1 heterocycles. The van der Waals surface area contributed by atoms with Gasteiger partial charge >= 0.3 is 6.18 Å². The fraction of sp³-hybridized carbons (Fsp3) is 0.714. The molecule has 20 heavy (non-hydrogen) atoms. The van der Waals surface area contributed by atoms with Crippen molar-refractivity contribution in [1.29, 1.82) is 0 Å². The van der Waals surface area contributed by atoms with E-state index in [0.29, 0.717) is 18.3 Å². The Morgan fingerprint density at radius 2 is 1.95 bits per heavy atom. The van der Waals surface area contributed by atoms with Crippen molar-refractivity contribution in [3.63, 3.8) is 0 Å². The number of hydrogen-bond donors (Lipinski definition) is 1. The Bertz CT molecular complexity index is 424. The third-order valence-electron chi connectivity index (χ3n) is 3.33. The van der Waals surface area contributed by atoms with Crippen LogP contribution in [0.15, 0.2) is 16.5 Å². The van der Waals surface area contributed by atoms with E-state index < -0.39 is 12.7 Å². The molecule has 0 atom stereocenters. The second-order valence-corrected chi connectivity index (χ2v) is 5.64. The Morgan fingerprint density at radius 3 is 2.50 bits per heavy atom. The summed E-state index contributed by atoms with van der Waals surface area (Å²) in [4.78, 5) is 1.36. The summed E-state index contributed by atoms with van der Waals surface area (Å²) in [6.45, 7) is 3.42. The van der Waals surface area contributed by atoms with Crippen LogP contribution in [0.4, 0.5) is 13.2 Å². The second-order valence-electron chi connectivity index (χ2n) is 5.64. The van der Waals surface area contributed by atoms with Crippen LogP contribution in [0.25, 0.3) is 0 Å². The van der Waals surface area contributed by atoms with Gasteiger partial charge in [-0.2, -0.15) is 13.2 Å². The lowest BCUT2D eigenvalue weighted by Crippen LogP contribution is -2.38. The van der Waals surface area contributed by atoms with E-state index in [2.05, 4.69) is 5.32 Å². The monoisotopic (exact) mass is 290 g/mol. The normalized spacial score (nSPS) is 16.4. The molecule has 0 bridgehead atoms. The molecule has 0 aliphatic heterocycles. The molecule has 1 aromatic heterocycles. The number of nitrogens with one attached hydrogen (secondary N) is 1. The van der Waals surface area contributed by atoms with Gasteiger partial charge in [-0.3, -0.25) is 4.90 Å². The summed E-state index contributed by atoms with van der Waals surface area (Å²) in [5.41, 5.74) is 0. The molecule has 0 spiro atoms. The van der Waals surface area contributed by atoms with Crippen LogP contribution in [0.2, 0.25) is 0 Å². The third kappa shape index (κ3) is 5.17. The van der Waals surface area contributed by atoms with Crippen LogP contribution < -0.4 is 5.32 Å². The maximum Gasteiger partial charge on any atom is 0.401 e. The topological polar surface area (TPSA) is 28.4 Å². The zero-order valence-electron chi connectivity index (χ0n) is 11.8. The van der Waals surface area contributed by atoms with E-state index in [-0.39, 0.29) is 12.6 Å². The highest BCUT2D eigenvalue weighted by molar-refractivity contribution is 5.07. The van der Waals surface area contributed by atoms with Crippen molar-refractivity contribution in [2.24, 2.45) is 0 Å². The summed E-state index contributed by atoms with van der Waals surface area (Å²) in [5, 5.41) is 3.31. The van der Waals surface area contributed by atoms with Gasteiger partial charge in [-0.05, 0) is 38.8 Å². The predicted molar refractivity (Wildman–Crippen MR) is 70.2 cm³/mol. The molecular weight excluding hydrogens is 269 g/mol. The van der Waals surface area contributed by atoms with Crippen LogP contribution in [-0.2, 0) is 13.1 Å². The Labute approximate surface area is 117 Å². The summed E-state index contributed by atoms with van der Waals surface area (Å²) >= 11 is 0. The molecule has 0 unspecified atom stereocenters. The van der Waals surface area contributed by atoms with Gasteiger partial charge in [0.2, 0.25) is 0 Å². The maximum absolute atomic E-state index is 12.5. The first-order chi connectivity index (χ1) is 9.33. The second kappa shape index (κ2) is 6.18. The predicted octanol–water partition coefficient (Wildman–Crippen LogP) is 3.30. The van der Waals surface area contributed by atoms with Crippen LogP contribution >= 0.6 is 0 Å². The summed E-state index contributed by atoms with van der Waals surface area (Å²) in [7, 11) is 0. The molecule has 1 fully saturated rings. The minimum absolute atomic E-state index is 0.181. The Morgan fingerprint density at radius 1 is 1.30 bits per heavy atom. The molecule has 1 saturated carbocycles. The van der Waals surface area contributed by atoms with E-state index in [9.17, 15) is 13.2 Å². The summed E-state index contributed by atoms with van der Waals surface area (Å²) in [6, 6.07) is 3.99. The number of hydrogen-bond acceptors (Lipinski definition) is 3. The van der Waals surface area contributed by atoms with Crippen molar-refractivity contribution in [3.05, 3.63) is 23.7 Å². The van der Waals surface area contributed by atoms with Crippen LogP contribution in [-0.4, -0.2) is 29.7 Å². The van der Waals surface area contributed by atoms with E-state index in [1.807, 2.05) is 6.07 Å². The Kier molecular flexibility index (Phi) is 4.75. The molecule has 1 aliphatic rings. The Hall–Kier alpha value is -1.01. The highest BCUT2D eigenvalue weighted by Crippen LogP contribution is 2.22. The fourth-order valence-electron chi connectivity index (χ4n) is 1.99. The van der Waals surface area contributed by atoms with Gasteiger partial charge in [-0.25, -0.2) is 0 Å². The van der Waals surface area contributed by atoms with Crippen LogP contribution in [0.3, 0.4) is 0 Å². The van der Waals surface area contributed by atoms with E-state index in [0.717, 1.165) is 5.76 Å². The van der Waals surface area contributed by atoms with Gasteiger partial charge in [0.1, 0.15) is 11.5 Å². The minimum atomic E-state index is -4.19. The largest absolute Gasteiger partial charge is 0.463 e. The van der Waals surface area contributed by atoms with E-state index in [1.165, 1.54) is 17.7 Å². The highest BCUT2D eigenvalue weighted by atomic mass is 19.4. The highest BCUT2D eigenvalue weighted by Gasteiger charge is 2.32. The first-order valence-corrected chi connectivity index (χ1v) is 6.95. The number of nitrogens with zero attached hydrogens (tertiary/aromatic N) is 1. The van der Waals surface area contributed by atoms with E-state index >= 15 is 0 Å². The zero-order chi connectivity index (χ0) is 14.8. The molecule has 0 radical (unpaired) electrons. The third-order valence-corrected chi connectivity index (χ3v) is 3.33. The van der Waals surface area contributed by atoms with Crippen molar-refractivity contribution in [2.45, 2.75) is 58.0 Å². The maximum atomic E-state index is 12.5. The number of halogens is 3. The quantitative estimate of drug-likeness (QED) is 0.835. The average Bonchev–Trinajstić information content (AvgIpc) is 3.04. The molecule has 3 nitrogen and oxygen atoms in total. The lowest BCUT2D eigenvalue weighted by atomic mass is 10.3. The zero-order valence-corrected chi connectivity index (χ0v) is 11.8. The summed E-state index contributed by atoms with van der Waals surface area (Å²) < 4.78 is 43.1. The lowest BCUT2D eigenvalue weighted by molar-refractivity contribution is -0.151. The first-order valence-electron chi connectivity index (χ1n) is 6.95. The van der Waals surface area contributed by atoms with Gasteiger partial charge in [0.15, 0.2) is 0 Å². The van der Waals surface area contributed by atoms with Crippen molar-refractivity contribution >= 4 is 0 Å². The molecule has 114 valence electrons. The first kappa shape index (κ1) is 15.4. The number of alkyl halides is 3. The molecule has 0 aromatic carbocycles. The molecule has 2 rings (SSSR count). The number of furan rings is 1. The average molecular weight is 290 g/mol. The van der Waals surface area contributed by atoms with Crippen molar-refractivity contribution < 1.29 is 17.6 Å². The fourth-order valence-corrected chi connectivity index (χ4v) is 1.99. The van der Waals surface area contributed by atoms with Crippen LogP contribution in [0.5, 0.6) is 0 Å². The summed E-state index contributed by atoms with van der Waals surface area (Å²) in [6.07, 6.45) is -1.80.